The van der Waals surface area contributed by atoms with Crippen LogP contribution in [-0.2, 0) is 10.0 Å². The summed E-state index contributed by atoms with van der Waals surface area (Å²) < 4.78 is 40.0. The summed E-state index contributed by atoms with van der Waals surface area (Å²) >= 11 is 0. The summed E-state index contributed by atoms with van der Waals surface area (Å²) in [5, 5.41) is 0. The van der Waals surface area contributed by atoms with Crippen molar-refractivity contribution in [2.45, 2.75) is 30.6 Å². The molecule has 1 heterocycles. The number of sulfonamides is 1. The zero-order valence-electron chi connectivity index (χ0n) is 12.0. The van der Waals surface area contributed by atoms with Crippen LogP contribution in [0.5, 0.6) is 0 Å². The average molecular weight is 315 g/mol. The van der Waals surface area contributed by atoms with Gasteiger partial charge in [0.25, 0.3) is 0 Å². The van der Waals surface area contributed by atoms with E-state index in [-0.39, 0.29) is 10.6 Å². The Hall–Kier alpha value is -1.18. The number of hydrogen-bond donors (Lipinski definition) is 2. The molecule has 1 aliphatic heterocycles. The predicted octanol–water partition coefficient (Wildman–Crippen LogP) is 1.56. The van der Waals surface area contributed by atoms with Crippen LogP contribution in [-0.4, -0.2) is 39.5 Å². The molecule has 3 N–H and O–H groups in total. The Morgan fingerprint density at radius 1 is 1.19 bits per heavy atom. The lowest BCUT2D eigenvalue weighted by atomic mass is 10.2. The topological polar surface area (TPSA) is 75.4 Å². The van der Waals surface area contributed by atoms with Crippen LogP contribution in [0.4, 0.5) is 10.1 Å². The van der Waals surface area contributed by atoms with Gasteiger partial charge in [0.05, 0.1) is 10.6 Å². The first-order valence-corrected chi connectivity index (χ1v) is 8.74. The fraction of sp³-hybridized carbons (Fsp3) is 0.571. The van der Waals surface area contributed by atoms with E-state index < -0.39 is 15.8 Å². The fourth-order valence-corrected chi connectivity index (χ4v) is 3.49. The van der Waals surface area contributed by atoms with Crippen LogP contribution < -0.4 is 10.5 Å². The zero-order valence-corrected chi connectivity index (χ0v) is 12.8. The molecule has 5 nitrogen and oxygen atoms in total. The first kappa shape index (κ1) is 16.2. The number of nitrogens with zero attached hydrogens (tertiary/aromatic N) is 1. The number of nitrogen functional groups attached to an aromatic ring is 1. The Morgan fingerprint density at radius 2 is 1.86 bits per heavy atom. The van der Waals surface area contributed by atoms with Crippen molar-refractivity contribution in [1.29, 1.82) is 0 Å². The van der Waals surface area contributed by atoms with Crippen molar-refractivity contribution < 1.29 is 12.8 Å². The normalized spacial score (nSPS) is 17.6. The molecule has 0 aromatic heterocycles. The standard InChI is InChI=1S/C14H22FN3O2S/c15-13-11-12(5-6-14(13)16)21(19,20)17-7-10-18-8-3-1-2-4-9-18/h5-6,11,17H,1-4,7-10,16H2. The van der Waals surface area contributed by atoms with E-state index in [0.29, 0.717) is 13.1 Å². The highest BCUT2D eigenvalue weighted by molar-refractivity contribution is 7.89. The SMILES string of the molecule is Nc1ccc(S(=O)(=O)NCCN2CCCCCC2)cc1F. The van der Waals surface area contributed by atoms with Gasteiger partial charge in [-0.1, -0.05) is 12.8 Å². The fourth-order valence-electron chi connectivity index (χ4n) is 2.46. The van der Waals surface area contributed by atoms with E-state index in [9.17, 15) is 12.8 Å². The highest BCUT2D eigenvalue weighted by Gasteiger charge is 2.16. The summed E-state index contributed by atoms with van der Waals surface area (Å²) in [7, 11) is -3.68. The second-order valence-electron chi connectivity index (χ2n) is 5.34. The van der Waals surface area contributed by atoms with Gasteiger partial charge >= 0.3 is 0 Å². The molecule has 0 aliphatic carbocycles. The van der Waals surface area contributed by atoms with E-state index in [1.807, 2.05) is 0 Å². The molecule has 1 saturated heterocycles. The smallest absolute Gasteiger partial charge is 0.240 e. The number of nitrogens with one attached hydrogen (secondary N) is 1. The van der Waals surface area contributed by atoms with Crippen molar-refractivity contribution in [3.05, 3.63) is 24.0 Å². The van der Waals surface area contributed by atoms with Crippen molar-refractivity contribution in [3.63, 3.8) is 0 Å². The van der Waals surface area contributed by atoms with Gasteiger partial charge in [0.15, 0.2) is 0 Å². The molecule has 118 valence electrons. The third kappa shape index (κ3) is 4.66. The first-order valence-electron chi connectivity index (χ1n) is 7.26. The average Bonchev–Trinajstić information content (AvgIpc) is 2.70. The first-order chi connectivity index (χ1) is 9.99. The summed E-state index contributed by atoms with van der Waals surface area (Å²) in [5.74, 6) is -0.717. The maximum atomic E-state index is 13.3. The lowest BCUT2D eigenvalue weighted by Gasteiger charge is -2.19. The van der Waals surface area contributed by atoms with Crippen LogP contribution in [0.2, 0.25) is 0 Å². The molecule has 0 radical (unpaired) electrons. The van der Waals surface area contributed by atoms with Gasteiger partial charge in [-0.3, -0.25) is 0 Å². The molecule has 7 heteroatoms. The number of hydrogen-bond acceptors (Lipinski definition) is 4. The van der Waals surface area contributed by atoms with Crippen LogP contribution in [0.3, 0.4) is 0 Å². The Labute approximate surface area is 125 Å². The third-order valence-corrected chi connectivity index (χ3v) is 5.16. The Balaban J connectivity index is 1.90. The van der Waals surface area contributed by atoms with Gasteiger partial charge in [-0.2, -0.15) is 0 Å². The Morgan fingerprint density at radius 3 is 2.48 bits per heavy atom. The van der Waals surface area contributed by atoms with Gasteiger partial charge in [0.2, 0.25) is 10.0 Å². The van der Waals surface area contributed by atoms with Crippen molar-refractivity contribution in [2.24, 2.45) is 0 Å². The van der Waals surface area contributed by atoms with Crippen molar-refractivity contribution in [2.75, 3.05) is 31.9 Å². The maximum Gasteiger partial charge on any atom is 0.240 e. The summed E-state index contributed by atoms with van der Waals surface area (Å²) in [6.07, 6.45) is 4.81. The van der Waals surface area contributed by atoms with Crippen LogP contribution in [0, 0.1) is 5.82 Å². The Bertz CT molecular complexity index is 570. The molecule has 1 fully saturated rings. The number of likely N-dealkylation sites (tertiary alicyclic amines) is 1. The monoisotopic (exact) mass is 315 g/mol. The van der Waals surface area contributed by atoms with Crippen LogP contribution >= 0.6 is 0 Å². The quantitative estimate of drug-likeness (QED) is 0.809. The highest BCUT2D eigenvalue weighted by Crippen LogP contribution is 2.16. The summed E-state index contributed by atoms with van der Waals surface area (Å²) in [6, 6.07) is 3.52. The summed E-state index contributed by atoms with van der Waals surface area (Å²) in [6.45, 7) is 3.03. The number of halogens is 1. The third-order valence-electron chi connectivity index (χ3n) is 3.70. The van der Waals surface area contributed by atoms with E-state index >= 15 is 0 Å². The lowest BCUT2D eigenvalue weighted by Crippen LogP contribution is -2.35. The molecule has 0 spiro atoms. The molecule has 2 rings (SSSR count). The largest absolute Gasteiger partial charge is 0.396 e. The van der Waals surface area contributed by atoms with Crippen molar-refractivity contribution in [3.8, 4) is 0 Å². The van der Waals surface area contributed by atoms with Crippen LogP contribution in [0.25, 0.3) is 0 Å². The van der Waals surface area contributed by atoms with E-state index in [0.717, 1.165) is 32.0 Å². The molecule has 21 heavy (non-hydrogen) atoms. The van der Waals surface area contributed by atoms with Crippen LogP contribution in [0.1, 0.15) is 25.7 Å². The second kappa shape index (κ2) is 7.20. The zero-order chi connectivity index (χ0) is 15.3. The molecule has 0 bridgehead atoms. The molecular weight excluding hydrogens is 293 g/mol. The highest BCUT2D eigenvalue weighted by atomic mass is 32.2. The number of nitrogens with two attached hydrogens (primary N) is 1. The molecular formula is C14H22FN3O2S. The van der Waals surface area contributed by atoms with E-state index in [1.54, 1.807) is 0 Å². The van der Waals surface area contributed by atoms with Crippen LogP contribution in [0.15, 0.2) is 23.1 Å². The number of rotatable bonds is 5. The van der Waals surface area contributed by atoms with Gasteiger partial charge in [-0.15, -0.1) is 0 Å². The van der Waals surface area contributed by atoms with Gasteiger partial charge < -0.3 is 10.6 Å². The second-order valence-corrected chi connectivity index (χ2v) is 7.10. The van der Waals surface area contributed by atoms with Gasteiger partial charge in [0, 0.05) is 13.1 Å². The Kier molecular flexibility index (Phi) is 5.55. The van der Waals surface area contributed by atoms with Gasteiger partial charge in [-0.05, 0) is 44.1 Å². The minimum absolute atomic E-state index is 0.0569. The summed E-state index contributed by atoms with van der Waals surface area (Å²) in [4.78, 5) is 2.17. The van der Waals surface area contributed by atoms with Crippen molar-refractivity contribution >= 4 is 15.7 Å². The number of benzene rings is 1. The number of anilines is 1. The molecule has 0 atom stereocenters. The summed E-state index contributed by atoms with van der Waals surface area (Å²) in [5.41, 5.74) is 5.29. The maximum absolute atomic E-state index is 13.3. The minimum Gasteiger partial charge on any atom is -0.396 e. The van der Waals surface area contributed by atoms with Gasteiger partial charge in [0.1, 0.15) is 5.82 Å². The van der Waals surface area contributed by atoms with Crippen molar-refractivity contribution in [1.82, 2.24) is 9.62 Å². The van der Waals surface area contributed by atoms with E-state index in [1.165, 1.54) is 25.0 Å². The molecule has 0 amide bonds. The van der Waals surface area contributed by atoms with E-state index in [2.05, 4.69) is 9.62 Å². The van der Waals surface area contributed by atoms with Gasteiger partial charge in [-0.25, -0.2) is 17.5 Å². The predicted molar refractivity (Wildman–Crippen MR) is 80.9 cm³/mol. The van der Waals surface area contributed by atoms with E-state index in [4.69, 9.17) is 5.73 Å². The lowest BCUT2D eigenvalue weighted by molar-refractivity contribution is 0.290. The molecule has 1 aromatic carbocycles. The molecule has 1 aliphatic rings. The minimum atomic E-state index is -3.68. The molecule has 1 aromatic rings. The molecule has 0 unspecified atom stereocenters. The molecule has 0 saturated carbocycles.